The van der Waals surface area contributed by atoms with Crippen LogP contribution in [0.5, 0.6) is 5.75 Å². The molecule has 1 saturated heterocycles. The molecule has 0 bridgehead atoms. The summed E-state index contributed by atoms with van der Waals surface area (Å²) in [6, 6.07) is 9.16. The van der Waals surface area contributed by atoms with E-state index < -0.39 is 0 Å². The zero-order valence-corrected chi connectivity index (χ0v) is 21.3. The molecule has 2 aromatic heterocycles. The minimum absolute atomic E-state index is 0.0130. The van der Waals surface area contributed by atoms with Crippen LogP contribution in [0.1, 0.15) is 35.2 Å². The molecule has 4 aromatic rings. The van der Waals surface area contributed by atoms with E-state index in [1.807, 2.05) is 18.2 Å². The van der Waals surface area contributed by atoms with E-state index in [1.54, 1.807) is 30.7 Å². The molecule has 1 atom stereocenters. The number of carbonyl (C=O) groups excluding carboxylic acids is 1. The van der Waals surface area contributed by atoms with Crippen molar-refractivity contribution in [2.45, 2.75) is 31.9 Å². The van der Waals surface area contributed by atoms with Gasteiger partial charge in [0.1, 0.15) is 5.75 Å². The molecule has 0 spiro atoms. The number of anilines is 3. The highest BCUT2D eigenvalue weighted by atomic mass is 35.5. The summed E-state index contributed by atoms with van der Waals surface area (Å²) in [4.78, 5) is 28.9. The predicted molar refractivity (Wildman–Crippen MR) is 147 cm³/mol. The zero-order valence-electron chi connectivity index (χ0n) is 20.6. The Morgan fingerprint density at radius 3 is 2.55 bits per heavy atom. The van der Waals surface area contributed by atoms with Crippen molar-refractivity contribution >= 4 is 45.6 Å². The zero-order chi connectivity index (χ0) is 26.4. The highest BCUT2D eigenvalue weighted by molar-refractivity contribution is 6.32. The first-order valence-corrected chi connectivity index (χ1v) is 13.0. The Balaban J connectivity index is 1.42. The summed E-state index contributed by atoms with van der Waals surface area (Å²) in [6.45, 7) is 1.20. The van der Waals surface area contributed by atoms with Gasteiger partial charge >= 0.3 is 0 Å². The third-order valence-electron chi connectivity index (χ3n) is 7.14. The van der Waals surface area contributed by atoms with Crippen molar-refractivity contribution in [2.75, 3.05) is 23.3 Å². The SMILES string of the molecule is NC1CCN(c2ncc(Nc3c(C(=O)C4CC4)cnc4ccc(-c5cc(Cl)c(O)c(CO)c5)cc34)cn2)C1. The maximum Gasteiger partial charge on any atom is 0.225 e. The Morgan fingerprint density at radius 1 is 1.08 bits per heavy atom. The first kappa shape index (κ1) is 24.5. The summed E-state index contributed by atoms with van der Waals surface area (Å²) in [5, 5.41) is 24.1. The topological polar surface area (TPSA) is 137 Å². The van der Waals surface area contributed by atoms with E-state index in [4.69, 9.17) is 17.3 Å². The lowest BCUT2D eigenvalue weighted by Crippen LogP contribution is -2.27. The highest BCUT2D eigenvalue weighted by Gasteiger charge is 2.32. The number of nitrogens with one attached hydrogen (secondary N) is 1. The largest absolute Gasteiger partial charge is 0.506 e. The molecule has 0 amide bonds. The lowest BCUT2D eigenvalue weighted by Gasteiger charge is -2.17. The molecule has 9 nitrogen and oxygen atoms in total. The van der Waals surface area contributed by atoms with Crippen LogP contribution < -0.4 is 16.0 Å². The Kier molecular flexibility index (Phi) is 6.35. The van der Waals surface area contributed by atoms with Crippen LogP contribution >= 0.6 is 11.6 Å². The predicted octanol–water partition coefficient (Wildman–Crippen LogP) is 4.42. The number of aliphatic hydroxyl groups is 1. The van der Waals surface area contributed by atoms with Crippen LogP contribution in [0, 0.1) is 5.92 Å². The molecule has 1 saturated carbocycles. The van der Waals surface area contributed by atoms with E-state index >= 15 is 0 Å². The fourth-order valence-electron chi connectivity index (χ4n) is 4.86. The smallest absolute Gasteiger partial charge is 0.225 e. The van der Waals surface area contributed by atoms with Gasteiger partial charge in [-0.2, -0.15) is 0 Å². The number of pyridine rings is 1. The molecule has 2 fully saturated rings. The van der Waals surface area contributed by atoms with Crippen molar-refractivity contribution in [3.63, 3.8) is 0 Å². The Bertz CT molecular complexity index is 1540. The van der Waals surface area contributed by atoms with Crippen LogP contribution in [0.15, 0.2) is 48.9 Å². The summed E-state index contributed by atoms with van der Waals surface area (Å²) in [5.41, 5.74) is 10.4. The Morgan fingerprint density at radius 2 is 1.87 bits per heavy atom. The third kappa shape index (κ3) is 4.64. The molecule has 1 unspecified atom stereocenters. The molecule has 6 rings (SSSR count). The number of fused-ring (bicyclic) bond motifs is 1. The van der Waals surface area contributed by atoms with Gasteiger partial charge < -0.3 is 26.2 Å². The number of aromatic nitrogens is 3. The number of phenols is 1. The van der Waals surface area contributed by atoms with Crippen molar-refractivity contribution in [3.05, 3.63) is 65.1 Å². The Hall–Kier alpha value is -3.79. The van der Waals surface area contributed by atoms with Gasteiger partial charge in [0.15, 0.2) is 5.78 Å². The monoisotopic (exact) mass is 530 g/mol. The molecule has 5 N–H and O–H groups in total. The van der Waals surface area contributed by atoms with Gasteiger partial charge in [-0.25, -0.2) is 9.97 Å². The number of hydrogen-bond donors (Lipinski definition) is 4. The fourth-order valence-corrected chi connectivity index (χ4v) is 5.10. The van der Waals surface area contributed by atoms with E-state index in [2.05, 4.69) is 25.2 Å². The van der Waals surface area contributed by atoms with Crippen LogP contribution in [-0.2, 0) is 6.61 Å². The molecule has 1 aliphatic heterocycles. The molecular weight excluding hydrogens is 504 g/mol. The molecule has 2 aromatic carbocycles. The number of nitrogens with two attached hydrogens (primary N) is 1. The van der Waals surface area contributed by atoms with Crippen LogP contribution in [0.25, 0.3) is 22.0 Å². The van der Waals surface area contributed by atoms with Crippen LogP contribution in [0.2, 0.25) is 5.02 Å². The van der Waals surface area contributed by atoms with Gasteiger partial charge in [-0.1, -0.05) is 17.7 Å². The lowest BCUT2D eigenvalue weighted by atomic mass is 9.98. The third-order valence-corrected chi connectivity index (χ3v) is 7.43. The summed E-state index contributed by atoms with van der Waals surface area (Å²) in [6.07, 6.45) is 7.71. The summed E-state index contributed by atoms with van der Waals surface area (Å²) >= 11 is 6.23. The molecule has 3 heterocycles. The molecule has 1 aliphatic carbocycles. The maximum absolute atomic E-state index is 13.2. The van der Waals surface area contributed by atoms with Gasteiger partial charge in [0.25, 0.3) is 0 Å². The molecule has 0 radical (unpaired) electrons. The van der Waals surface area contributed by atoms with Crippen molar-refractivity contribution in [1.82, 2.24) is 15.0 Å². The van der Waals surface area contributed by atoms with E-state index in [0.717, 1.165) is 48.9 Å². The maximum atomic E-state index is 13.2. The van der Waals surface area contributed by atoms with E-state index in [-0.39, 0.29) is 35.1 Å². The summed E-state index contributed by atoms with van der Waals surface area (Å²) in [7, 11) is 0. The summed E-state index contributed by atoms with van der Waals surface area (Å²) in [5.74, 6) is 0.563. The second-order valence-electron chi connectivity index (χ2n) is 9.93. The van der Waals surface area contributed by atoms with E-state index in [9.17, 15) is 15.0 Å². The summed E-state index contributed by atoms with van der Waals surface area (Å²) < 4.78 is 0. The van der Waals surface area contributed by atoms with Gasteiger partial charge in [-0.3, -0.25) is 9.78 Å². The first-order valence-electron chi connectivity index (χ1n) is 12.6. The van der Waals surface area contributed by atoms with Gasteiger partial charge in [0.05, 0.1) is 46.5 Å². The molecule has 2 aliphatic rings. The number of hydrogen-bond acceptors (Lipinski definition) is 9. The average Bonchev–Trinajstić information content (AvgIpc) is 3.70. The van der Waals surface area contributed by atoms with Crippen molar-refractivity contribution in [1.29, 1.82) is 0 Å². The second kappa shape index (κ2) is 9.83. The molecule has 38 heavy (non-hydrogen) atoms. The standard InChI is InChI=1S/C28H27ClN6O3/c29-23-9-17(7-18(14-36)27(23)38)16-3-4-24-21(8-16)25(22(12-31-24)26(37)15-1-2-15)34-20-10-32-28(33-11-20)35-6-5-19(30)13-35/h3-4,7-12,15,19,36,38H,1-2,5-6,13-14,30H2,(H,31,34). The van der Waals surface area contributed by atoms with E-state index in [1.165, 1.54) is 0 Å². The number of aromatic hydroxyl groups is 1. The molecule has 10 heteroatoms. The average molecular weight is 531 g/mol. The van der Waals surface area contributed by atoms with Crippen molar-refractivity contribution in [3.8, 4) is 16.9 Å². The number of nitrogens with zero attached hydrogens (tertiary/aromatic N) is 4. The second-order valence-corrected chi connectivity index (χ2v) is 10.3. The number of benzene rings is 2. The fraction of sp³-hybridized carbons (Fsp3) is 0.286. The van der Waals surface area contributed by atoms with Gasteiger partial charge in [-0.05, 0) is 54.7 Å². The molecule has 194 valence electrons. The van der Waals surface area contributed by atoms with Crippen LogP contribution in [0.4, 0.5) is 17.3 Å². The minimum Gasteiger partial charge on any atom is -0.506 e. The number of halogens is 1. The number of carbonyl (C=O) groups is 1. The minimum atomic E-state index is -0.346. The number of rotatable bonds is 7. The Labute approximate surface area is 224 Å². The highest BCUT2D eigenvalue weighted by Crippen LogP contribution is 2.39. The quantitative estimate of drug-likeness (QED) is 0.256. The van der Waals surface area contributed by atoms with Crippen LogP contribution in [0.3, 0.4) is 0 Å². The van der Waals surface area contributed by atoms with Gasteiger partial charge in [0.2, 0.25) is 5.95 Å². The lowest BCUT2D eigenvalue weighted by molar-refractivity contribution is 0.0968. The normalized spacial score (nSPS) is 17.2. The van der Waals surface area contributed by atoms with Gasteiger partial charge in [-0.15, -0.1) is 0 Å². The number of ketones is 1. The van der Waals surface area contributed by atoms with E-state index in [0.29, 0.717) is 34.0 Å². The number of Topliss-reactive ketones (excluding diaryl/α,β-unsaturated/α-hetero) is 1. The van der Waals surface area contributed by atoms with Crippen molar-refractivity contribution in [2.24, 2.45) is 11.7 Å². The van der Waals surface area contributed by atoms with Crippen LogP contribution in [-0.4, -0.2) is 50.1 Å². The first-order chi connectivity index (χ1) is 18.4. The van der Waals surface area contributed by atoms with Crippen molar-refractivity contribution < 1.29 is 15.0 Å². The van der Waals surface area contributed by atoms with Gasteiger partial charge in [0, 0.05) is 42.2 Å². The molecular formula is C28H27ClN6O3. The number of aliphatic hydroxyl groups excluding tert-OH is 1.